The van der Waals surface area contributed by atoms with Gasteiger partial charge in [0.05, 0.1) is 11.4 Å². The van der Waals surface area contributed by atoms with E-state index < -0.39 is 0 Å². The number of likely N-dealkylation sites (N-methyl/N-ethyl adjacent to an activating group) is 2. The molecule has 2 heterocycles. The molecule has 5 nitrogen and oxygen atoms in total. The third-order valence-corrected chi connectivity index (χ3v) is 3.93. The van der Waals surface area contributed by atoms with E-state index >= 15 is 0 Å². The Hall–Kier alpha value is -1.23. The molecule has 1 fully saturated rings. The molecule has 0 saturated carbocycles. The summed E-state index contributed by atoms with van der Waals surface area (Å²) in [5, 5.41) is 4.50. The Morgan fingerprint density at radius 2 is 2.22 bits per heavy atom. The summed E-state index contributed by atoms with van der Waals surface area (Å²) in [5.74, 6) is 1.08. The SMILES string of the molecule is CCn1nc(C)c(N)c1N(C)C1CCCN(C)C1. The molecular formula is C13H25N5. The van der Waals surface area contributed by atoms with Crippen LogP contribution in [0.1, 0.15) is 25.5 Å². The summed E-state index contributed by atoms with van der Waals surface area (Å²) in [5.41, 5.74) is 7.94. The van der Waals surface area contributed by atoms with Gasteiger partial charge in [-0.15, -0.1) is 0 Å². The van der Waals surface area contributed by atoms with Crippen LogP contribution in [0.4, 0.5) is 11.5 Å². The lowest BCUT2D eigenvalue weighted by Gasteiger charge is -2.37. The molecule has 1 saturated heterocycles. The summed E-state index contributed by atoms with van der Waals surface area (Å²) in [6.07, 6.45) is 2.48. The minimum absolute atomic E-state index is 0.535. The fraction of sp³-hybridized carbons (Fsp3) is 0.769. The van der Waals surface area contributed by atoms with Crippen LogP contribution in [-0.4, -0.2) is 47.9 Å². The number of nitrogens with zero attached hydrogens (tertiary/aromatic N) is 4. The molecule has 0 aliphatic carbocycles. The van der Waals surface area contributed by atoms with Crippen LogP contribution in [0.15, 0.2) is 0 Å². The molecule has 1 aromatic heterocycles. The van der Waals surface area contributed by atoms with Crippen molar-refractivity contribution in [3.8, 4) is 0 Å². The molecule has 1 aromatic rings. The van der Waals surface area contributed by atoms with Gasteiger partial charge in [-0.3, -0.25) is 0 Å². The second-order valence-electron chi connectivity index (χ2n) is 5.31. The summed E-state index contributed by atoms with van der Waals surface area (Å²) in [6.45, 7) is 7.25. The molecule has 1 unspecified atom stereocenters. The summed E-state index contributed by atoms with van der Waals surface area (Å²) in [6, 6.07) is 0.535. The van der Waals surface area contributed by atoms with Gasteiger partial charge in [-0.25, -0.2) is 4.68 Å². The highest BCUT2D eigenvalue weighted by Crippen LogP contribution is 2.29. The zero-order valence-electron chi connectivity index (χ0n) is 12.0. The number of rotatable bonds is 3. The van der Waals surface area contributed by atoms with Gasteiger partial charge in [0.15, 0.2) is 5.82 Å². The van der Waals surface area contributed by atoms with Crippen molar-refractivity contribution >= 4 is 11.5 Å². The molecule has 1 aliphatic rings. The molecule has 102 valence electrons. The van der Waals surface area contributed by atoms with Gasteiger partial charge >= 0.3 is 0 Å². The number of piperidine rings is 1. The first-order chi connectivity index (χ1) is 8.54. The van der Waals surface area contributed by atoms with Crippen molar-refractivity contribution in [1.29, 1.82) is 0 Å². The molecule has 0 bridgehead atoms. The van der Waals surface area contributed by atoms with Crippen LogP contribution in [0.25, 0.3) is 0 Å². The van der Waals surface area contributed by atoms with Crippen LogP contribution in [0.2, 0.25) is 0 Å². The van der Waals surface area contributed by atoms with Crippen molar-refractivity contribution in [3.05, 3.63) is 5.69 Å². The van der Waals surface area contributed by atoms with Crippen molar-refractivity contribution < 1.29 is 0 Å². The van der Waals surface area contributed by atoms with E-state index in [1.807, 2.05) is 11.6 Å². The standard InChI is InChI=1S/C13H25N5/c1-5-18-13(12(14)10(2)15-18)17(4)11-7-6-8-16(3)9-11/h11H,5-9,14H2,1-4H3. The van der Waals surface area contributed by atoms with Crippen molar-refractivity contribution in [2.75, 3.05) is 37.8 Å². The van der Waals surface area contributed by atoms with E-state index in [9.17, 15) is 0 Å². The molecule has 18 heavy (non-hydrogen) atoms. The average Bonchev–Trinajstić information content (AvgIpc) is 2.64. The van der Waals surface area contributed by atoms with Gasteiger partial charge in [-0.1, -0.05) is 0 Å². The summed E-state index contributed by atoms with van der Waals surface area (Å²) < 4.78 is 2.01. The number of hydrogen-bond acceptors (Lipinski definition) is 4. The topological polar surface area (TPSA) is 50.3 Å². The highest BCUT2D eigenvalue weighted by molar-refractivity contribution is 5.66. The Labute approximate surface area is 110 Å². The Morgan fingerprint density at radius 1 is 1.50 bits per heavy atom. The molecule has 0 spiro atoms. The van der Waals surface area contributed by atoms with Gasteiger partial charge in [0.2, 0.25) is 0 Å². The smallest absolute Gasteiger partial charge is 0.150 e. The van der Waals surface area contributed by atoms with Crippen LogP contribution in [0.5, 0.6) is 0 Å². The summed E-state index contributed by atoms with van der Waals surface area (Å²) in [4.78, 5) is 4.70. The number of aryl methyl sites for hydroxylation is 2. The molecule has 1 aliphatic heterocycles. The minimum Gasteiger partial charge on any atom is -0.394 e. The van der Waals surface area contributed by atoms with Gasteiger partial charge in [0.1, 0.15) is 0 Å². The normalized spacial score (nSPS) is 21.2. The van der Waals surface area contributed by atoms with Crippen molar-refractivity contribution in [2.45, 2.75) is 39.3 Å². The zero-order chi connectivity index (χ0) is 13.3. The fourth-order valence-corrected chi connectivity index (χ4v) is 2.80. The molecule has 2 N–H and O–H groups in total. The number of nitrogen functional groups attached to an aromatic ring is 1. The lowest BCUT2D eigenvalue weighted by atomic mass is 10.1. The van der Waals surface area contributed by atoms with E-state index in [4.69, 9.17) is 5.73 Å². The lowest BCUT2D eigenvalue weighted by Crippen LogP contribution is -2.45. The first kappa shape index (κ1) is 13.2. The van der Waals surface area contributed by atoms with Gasteiger partial charge in [0.25, 0.3) is 0 Å². The highest BCUT2D eigenvalue weighted by Gasteiger charge is 2.25. The molecule has 0 aromatic carbocycles. The number of likely N-dealkylation sites (tertiary alicyclic amines) is 1. The maximum Gasteiger partial charge on any atom is 0.150 e. The summed E-state index contributed by atoms with van der Waals surface area (Å²) >= 11 is 0. The summed E-state index contributed by atoms with van der Waals surface area (Å²) in [7, 11) is 4.33. The van der Waals surface area contributed by atoms with Gasteiger partial charge in [-0.05, 0) is 40.3 Å². The number of nitrogens with two attached hydrogens (primary N) is 1. The van der Waals surface area contributed by atoms with E-state index in [0.717, 1.165) is 30.3 Å². The number of aromatic nitrogens is 2. The van der Waals surface area contributed by atoms with E-state index in [1.54, 1.807) is 0 Å². The van der Waals surface area contributed by atoms with Crippen molar-refractivity contribution in [1.82, 2.24) is 14.7 Å². The fourth-order valence-electron chi connectivity index (χ4n) is 2.80. The van der Waals surface area contributed by atoms with Crippen LogP contribution in [0, 0.1) is 6.92 Å². The zero-order valence-corrected chi connectivity index (χ0v) is 12.0. The van der Waals surface area contributed by atoms with Crippen molar-refractivity contribution in [2.24, 2.45) is 0 Å². The van der Waals surface area contributed by atoms with E-state index in [1.165, 1.54) is 19.4 Å². The lowest BCUT2D eigenvalue weighted by molar-refractivity contribution is 0.247. The van der Waals surface area contributed by atoms with E-state index in [0.29, 0.717) is 6.04 Å². The first-order valence-electron chi connectivity index (χ1n) is 6.78. The monoisotopic (exact) mass is 251 g/mol. The van der Waals surface area contributed by atoms with Crippen molar-refractivity contribution in [3.63, 3.8) is 0 Å². The van der Waals surface area contributed by atoms with Gasteiger partial charge in [0, 0.05) is 26.2 Å². The minimum atomic E-state index is 0.535. The Kier molecular flexibility index (Phi) is 3.80. The maximum absolute atomic E-state index is 6.18. The van der Waals surface area contributed by atoms with E-state index in [2.05, 4.69) is 35.9 Å². The molecule has 0 amide bonds. The third-order valence-electron chi connectivity index (χ3n) is 3.93. The Balaban J connectivity index is 2.24. The molecule has 5 heteroatoms. The second kappa shape index (κ2) is 5.18. The highest BCUT2D eigenvalue weighted by atomic mass is 15.4. The van der Waals surface area contributed by atoms with Crippen LogP contribution in [0.3, 0.4) is 0 Å². The Bertz CT molecular complexity index is 412. The average molecular weight is 251 g/mol. The number of hydrogen-bond donors (Lipinski definition) is 1. The van der Waals surface area contributed by atoms with Gasteiger partial charge in [-0.2, -0.15) is 5.10 Å². The first-order valence-corrected chi connectivity index (χ1v) is 6.78. The Morgan fingerprint density at radius 3 is 2.83 bits per heavy atom. The van der Waals surface area contributed by atoms with Gasteiger partial charge < -0.3 is 15.5 Å². The predicted molar refractivity (Wildman–Crippen MR) is 76.0 cm³/mol. The molecule has 2 rings (SSSR count). The van der Waals surface area contributed by atoms with Crippen LogP contribution in [-0.2, 0) is 6.54 Å². The quantitative estimate of drug-likeness (QED) is 0.880. The second-order valence-corrected chi connectivity index (χ2v) is 5.31. The predicted octanol–water partition coefficient (Wildman–Crippen LogP) is 1.32. The van der Waals surface area contributed by atoms with E-state index in [-0.39, 0.29) is 0 Å². The van der Waals surface area contributed by atoms with Crippen LogP contribution >= 0.6 is 0 Å². The van der Waals surface area contributed by atoms with Crippen LogP contribution < -0.4 is 10.6 Å². The third kappa shape index (κ3) is 2.32. The largest absolute Gasteiger partial charge is 0.394 e. The molecular weight excluding hydrogens is 226 g/mol. The number of anilines is 2. The maximum atomic E-state index is 6.18. The molecule has 1 atom stereocenters. The molecule has 0 radical (unpaired) electrons.